The molecule has 0 aliphatic carbocycles. The molecule has 0 amide bonds. The van der Waals surface area contributed by atoms with Crippen molar-refractivity contribution in [2.24, 2.45) is 0 Å². The number of hydrogen-bond donors (Lipinski definition) is 1. The van der Waals surface area contributed by atoms with E-state index in [1.54, 1.807) is 21.1 Å². The number of rotatable bonds is 3. The molecule has 0 aliphatic heterocycles. The molecule has 1 N–H and O–H groups in total. The first-order valence-corrected chi connectivity index (χ1v) is 4.07. The van der Waals surface area contributed by atoms with Gasteiger partial charge in [-0.1, -0.05) is 0 Å². The maximum Gasteiger partial charge on any atom is 0.350 e. The van der Waals surface area contributed by atoms with Crippen molar-refractivity contribution in [1.29, 1.82) is 0 Å². The Hall–Kier alpha value is 0.0969. The lowest BCUT2D eigenvalue weighted by Crippen LogP contribution is -2.32. The maximum atomic E-state index is 8.82. The van der Waals surface area contributed by atoms with Gasteiger partial charge in [-0.25, -0.2) is 0 Å². The van der Waals surface area contributed by atoms with Crippen LogP contribution in [-0.2, 0) is 8.85 Å². The first-order chi connectivity index (χ1) is 3.72. The van der Waals surface area contributed by atoms with E-state index in [1.807, 2.05) is 0 Å². The molecule has 1 unspecified atom stereocenters. The van der Waals surface area contributed by atoms with Crippen LogP contribution in [0.15, 0.2) is 0 Å². The summed E-state index contributed by atoms with van der Waals surface area (Å²) >= 11 is 0. The van der Waals surface area contributed by atoms with Crippen molar-refractivity contribution < 1.29 is 14.0 Å². The van der Waals surface area contributed by atoms with E-state index in [1.165, 1.54) is 0 Å². The second-order valence-electron chi connectivity index (χ2n) is 1.58. The summed E-state index contributed by atoms with van der Waals surface area (Å²) < 4.78 is 9.66. The Morgan fingerprint density at radius 1 is 1.38 bits per heavy atom. The van der Waals surface area contributed by atoms with Crippen molar-refractivity contribution in [1.82, 2.24) is 0 Å². The normalized spacial score (nSPS) is 14.6. The van der Waals surface area contributed by atoms with E-state index in [-0.39, 0.29) is 0 Å². The molecule has 0 aromatic rings. The standard InChI is InChI=1S/C4H12O3Si/c1-4(5)8(6-2)7-3/h4-5,8H,1-3H3. The zero-order chi connectivity index (χ0) is 6.57. The van der Waals surface area contributed by atoms with Crippen LogP contribution in [-0.4, -0.2) is 34.3 Å². The van der Waals surface area contributed by atoms with Crippen molar-refractivity contribution in [3.8, 4) is 0 Å². The highest BCUT2D eigenvalue weighted by Gasteiger charge is 2.15. The summed E-state index contributed by atoms with van der Waals surface area (Å²) in [7, 11) is 1.39. The molecule has 0 spiro atoms. The third kappa shape index (κ3) is 2.42. The lowest BCUT2D eigenvalue weighted by Gasteiger charge is -2.12. The molecule has 4 heteroatoms. The second kappa shape index (κ2) is 4.02. The monoisotopic (exact) mass is 136 g/mol. The van der Waals surface area contributed by atoms with Gasteiger partial charge in [0.15, 0.2) is 0 Å². The smallest absolute Gasteiger partial charge is 0.350 e. The Kier molecular flexibility index (Phi) is 4.07. The van der Waals surface area contributed by atoms with E-state index in [0.717, 1.165) is 0 Å². The molecular formula is C4H12O3Si. The first kappa shape index (κ1) is 8.10. The predicted octanol–water partition coefficient (Wildman–Crippen LogP) is -0.580. The number of aliphatic hydroxyl groups excluding tert-OH is 1. The van der Waals surface area contributed by atoms with Crippen LogP contribution < -0.4 is 0 Å². The third-order valence-electron chi connectivity index (χ3n) is 0.858. The van der Waals surface area contributed by atoms with Crippen LogP contribution in [0.4, 0.5) is 0 Å². The van der Waals surface area contributed by atoms with E-state index >= 15 is 0 Å². The molecule has 3 nitrogen and oxygen atoms in total. The van der Waals surface area contributed by atoms with Gasteiger partial charge in [0, 0.05) is 14.2 Å². The van der Waals surface area contributed by atoms with Gasteiger partial charge in [0.25, 0.3) is 0 Å². The van der Waals surface area contributed by atoms with Gasteiger partial charge in [-0.05, 0) is 6.92 Å². The van der Waals surface area contributed by atoms with Gasteiger partial charge in [0.1, 0.15) is 0 Å². The molecule has 0 saturated heterocycles. The second-order valence-corrected chi connectivity index (χ2v) is 4.22. The lowest BCUT2D eigenvalue weighted by molar-refractivity contribution is 0.177. The predicted molar refractivity (Wildman–Crippen MR) is 32.8 cm³/mol. The van der Waals surface area contributed by atoms with E-state index < -0.39 is 15.0 Å². The molecular weight excluding hydrogens is 124 g/mol. The summed E-state index contributed by atoms with van der Waals surface area (Å²) in [5, 5.41) is 8.82. The minimum atomic E-state index is -1.71. The van der Waals surface area contributed by atoms with Crippen LogP contribution in [0.2, 0.25) is 0 Å². The van der Waals surface area contributed by atoms with Gasteiger partial charge < -0.3 is 14.0 Å². The van der Waals surface area contributed by atoms with E-state index in [2.05, 4.69) is 0 Å². The molecule has 0 heterocycles. The molecule has 0 radical (unpaired) electrons. The van der Waals surface area contributed by atoms with Crippen molar-refractivity contribution >= 4 is 9.28 Å². The molecule has 0 saturated carbocycles. The van der Waals surface area contributed by atoms with Gasteiger partial charge >= 0.3 is 9.28 Å². The fraction of sp³-hybridized carbons (Fsp3) is 1.00. The van der Waals surface area contributed by atoms with Gasteiger partial charge in [0.2, 0.25) is 0 Å². The van der Waals surface area contributed by atoms with Gasteiger partial charge in [0.05, 0.1) is 5.73 Å². The molecule has 8 heavy (non-hydrogen) atoms. The summed E-state index contributed by atoms with van der Waals surface area (Å²) in [4.78, 5) is 0. The Morgan fingerprint density at radius 2 is 1.75 bits per heavy atom. The van der Waals surface area contributed by atoms with Crippen LogP contribution in [0.5, 0.6) is 0 Å². The van der Waals surface area contributed by atoms with Crippen LogP contribution >= 0.6 is 0 Å². The first-order valence-electron chi connectivity index (χ1n) is 2.46. The fourth-order valence-electron chi connectivity index (χ4n) is 0.490. The Balaban J connectivity index is 3.35. The van der Waals surface area contributed by atoms with Crippen molar-refractivity contribution in [2.45, 2.75) is 12.7 Å². The van der Waals surface area contributed by atoms with Crippen LogP contribution in [0, 0.1) is 0 Å². The minimum absolute atomic E-state index is 0.426. The molecule has 0 fully saturated rings. The molecule has 0 rings (SSSR count). The molecule has 1 atom stereocenters. The summed E-state index contributed by atoms with van der Waals surface area (Å²) in [6.07, 6.45) is 0. The summed E-state index contributed by atoms with van der Waals surface area (Å²) in [6, 6.07) is 0. The van der Waals surface area contributed by atoms with E-state index in [0.29, 0.717) is 0 Å². The molecule has 50 valence electrons. The molecule has 0 aromatic heterocycles. The van der Waals surface area contributed by atoms with Gasteiger partial charge in [-0.15, -0.1) is 0 Å². The van der Waals surface area contributed by atoms with Crippen molar-refractivity contribution in [3.05, 3.63) is 0 Å². The summed E-state index contributed by atoms with van der Waals surface area (Å²) in [6.45, 7) is 1.67. The average Bonchev–Trinajstić information content (AvgIpc) is 1.69. The van der Waals surface area contributed by atoms with Crippen molar-refractivity contribution in [3.63, 3.8) is 0 Å². The van der Waals surface area contributed by atoms with Gasteiger partial charge in [-0.2, -0.15) is 0 Å². The third-order valence-corrected chi connectivity index (χ3v) is 2.58. The highest BCUT2D eigenvalue weighted by molar-refractivity contribution is 6.45. The van der Waals surface area contributed by atoms with Crippen LogP contribution in [0.1, 0.15) is 6.92 Å². The summed E-state index contributed by atoms with van der Waals surface area (Å²) in [5.41, 5.74) is -0.426. The SMILES string of the molecule is CO[SiH](OC)C(C)O. The largest absolute Gasteiger partial charge is 0.398 e. The molecule has 0 bridgehead atoms. The topological polar surface area (TPSA) is 38.7 Å². The highest BCUT2D eigenvalue weighted by Crippen LogP contribution is 1.90. The zero-order valence-electron chi connectivity index (χ0n) is 5.42. The molecule has 0 aliphatic rings. The molecule has 0 aromatic carbocycles. The number of hydrogen-bond acceptors (Lipinski definition) is 3. The van der Waals surface area contributed by atoms with E-state index in [9.17, 15) is 0 Å². The Bertz CT molecular complexity index is 53.2. The van der Waals surface area contributed by atoms with Crippen LogP contribution in [0.3, 0.4) is 0 Å². The van der Waals surface area contributed by atoms with Crippen LogP contribution in [0.25, 0.3) is 0 Å². The fourth-order valence-corrected chi connectivity index (χ4v) is 1.47. The van der Waals surface area contributed by atoms with Gasteiger partial charge in [-0.3, -0.25) is 0 Å². The zero-order valence-corrected chi connectivity index (χ0v) is 6.57. The summed E-state index contributed by atoms with van der Waals surface area (Å²) in [5.74, 6) is 0. The van der Waals surface area contributed by atoms with E-state index in [4.69, 9.17) is 14.0 Å². The lowest BCUT2D eigenvalue weighted by atomic mass is 10.9. The quantitative estimate of drug-likeness (QED) is 0.528. The van der Waals surface area contributed by atoms with Crippen molar-refractivity contribution in [2.75, 3.05) is 14.2 Å². The highest BCUT2D eigenvalue weighted by atomic mass is 28.3. The maximum absolute atomic E-state index is 8.82. The minimum Gasteiger partial charge on any atom is -0.398 e. The Morgan fingerprint density at radius 3 is 1.75 bits per heavy atom. The number of aliphatic hydroxyl groups is 1. The Labute approximate surface area is 51.1 Å². The average molecular weight is 136 g/mol.